The summed E-state index contributed by atoms with van der Waals surface area (Å²) in [4.78, 5) is 11.1. The van der Waals surface area contributed by atoms with Crippen molar-refractivity contribution in [1.29, 1.82) is 0 Å². The van der Waals surface area contributed by atoms with Gasteiger partial charge < -0.3 is 0 Å². The molecule has 0 aliphatic rings. The molecule has 0 spiro atoms. The Labute approximate surface area is 95.4 Å². The fourth-order valence-electron chi connectivity index (χ4n) is 1.18. The molecule has 0 saturated carbocycles. The molecule has 0 radical (unpaired) electrons. The maximum atomic E-state index is 12.6. The summed E-state index contributed by atoms with van der Waals surface area (Å²) in [6.45, 7) is -0.577. The predicted octanol–water partition coefficient (Wildman–Crippen LogP) is 3.27. The van der Waals surface area contributed by atoms with Gasteiger partial charge in [-0.1, -0.05) is 28.1 Å². The van der Waals surface area contributed by atoms with Crippen molar-refractivity contribution >= 4 is 33.3 Å². The zero-order valence-electron chi connectivity index (χ0n) is 7.40. The molecule has 0 heterocycles. The summed E-state index contributed by atoms with van der Waals surface area (Å²) in [5.74, 6) is -0.127. The summed E-state index contributed by atoms with van der Waals surface area (Å²) in [7, 11) is 0. The van der Waals surface area contributed by atoms with Crippen molar-refractivity contribution in [1.82, 2.24) is 0 Å². The predicted molar refractivity (Wildman–Crippen MR) is 58.4 cm³/mol. The molecule has 1 rings (SSSR count). The lowest BCUT2D eigenvalue weighted by Gasteiger charge is -2.06. The minimum absolute atomic E-state index is 0.0295. The molecule has 0 saturated heterocycles. The second-order valence-corrected chi connectivity index (χ2v) is 3.98. The van der Waals surface area contributed by atoms with E-state index in [0.717, 1.165) is 0 Å². The van der Waals surface area contributed by atoms with Gasteiger partial charge in [0.2, 0.25) is 0 Å². The number of hydrogen-bond acceptors (Lipinski definition) is 1. The SMILES string of the molecule is O=C(CCl)Cc1cccc(Br)c1CF. The van der Waals surface area contributed by atoms with Gasteiger partial charge in [0, 0.05) is 16.5 Å². The number of halogens is 3. The Hall–Kier alpha value is -0.410. The zero-order valence-corrected chi connectivity index (χ0v) is 9.74. The largest absolute Gasteiger partial charge is 0.298 e. The maximum Gasteiger partial charge on any atom is 0.151 e. The van der Waals surface area contributed by atoms with E-state index in [0.29, 0.717) is 15.6 Å². The number of hydrogen-bond donors (Lipinski definition) is 0. The lowest BCUT2D eigenvalue weighted by atomic mass is 10.0. The first-order valence-corrected chi connectivity index (χ1v) is 5.41. The van der Waals surface area contributed by atoms with Crippen molar-refractivity contribution in [2.24, 2.45) is 0 Å². The first-order valence-electron chi connectivity index (χ1n) is 4.09. The normalized spacial score (nSPS) is 10.2. The van der Waals surface area contributed by atoms with Gasteiger partial charge in [0.05, 0.1) is 5.88 Å². The third kappa shape index (κ3) is 2.79. The standard InChI is InChI=1S/C10H9BrClFO/c11-10-3-1-2-7(9(10)6-13)4-8(14)5-12/h1-3H,4-6H2. The number of carbonyl (C=O) groups is 1. The van der Waals surface area contributed by atoms with Crippen LogP contribution < -0.4 is 0 Å². The molecule has 0 N–H and O–H groups in total. The van der Waals surface area contributed by atoms with Crippen LogP contribution in [0.2, 0.25) is 0 Å². The molecule has 4 heteroatoms. The lowest BCUT2D eigenvalue weighted by molar-refractivity contribution is -0.116. The van der Waals surface area contributed by atoms with Gasteiger partial charge in [-0.15, -0.1) is 11.6 Å². The van der Waals surface area contributed by atoms with E-state index in [-0.39, 0.29) is 18.1 Å². The molecule has 76 valence electrons. The third-order valence-corrected chi connectivity index (χ3v) is 2.93. The summed E-state index contributed by atoms with van der Waals surface area (Å²) in [5, 5.41) is 0. The molecule has 1 aromatic rings. The van der Waals surface area contributed by atoms with E-state index in [1.807, 2.05) is 0 Å². The quantitative estimate of drug-likeness (QED) is 0.773. The summed E-state index contributed by atoms with van der Waals surface area (Å²) in [6, 6.07) is 5.27. The Morgan fingerprint density at radius 3 is 2.79 bits per heavy atom. The summed E-state index contributed by atoms with van der Waals surface area (Å²) in [5.41, 5.74) is 1.23. The lowest BCUT2D eigenvalue weighted by Crippen LogP contribution is -2.06. The van der Waals surface area contributed by atoms with Crippen LogP contribution in [0.3, 0.4) is 0 Å². The number of benzene rings is 1. The van der Waals surface area contributed by atoms with Crippen LogP contribution in [0, 0.1) is 0 Å². The molecule has 0 fully saturated rings. The molecule has 1 aromatic carbocycles. The molecule has 14 heavy (non-hydrogen) atoms. The number of alkyl halides is 2. The molecule has 0 unspecified atom stereocenters. The first-order chi connectivity index (χ1) is 6.69. The minimum Gasteiger partial charge on any atom is -0.298 e. The fourth-order valence-corrected chi connectivity index (χ4v) is 1.79. The molecule has 0 aliphatic carbocycles. The minimum atomic E-state index is -0.577. The van der Waals surface area contributed by atoms with E-state index in [9.17, 15) is 9.18 Å². The molecule has 1 nitrogen and oxygen atoms in total. The molecule has 0 aromatic heterocycles. The van der Waals surface area contributed by atoms with Gasteiger partial charge in [0.15, 0.2) is 5.78 Å². The van der Waals surface area contributed by atoms with E-state index in [1.54, 1.807) is 18.2 Å². The average molecular weight is 280 g/mol. The monoisotopic (exact) mass is 278 g/mol. The van der Waals surface area contributed by atoms with Crippen LogP contribution in [0.25, 0.3) is 0 Å². The summed E-state index contributed by atoms with van der Waals surface area (Å²) < 4.78 is 13.3. The van der Waals surface area contributed by atoms with Gasteiger partial charge in [-0.05, 0) is 11.6 Å². The van der Waals surface area contributed by atoms with Crippen molar-refractivity contribution in [3.63, 3.8) is 0 Å². The van der Waals surface area contributed by atoms with Crippen LogP contribution in [0.1, 0.15) is 11.1 Å². The molecule has 0 amide bonds. The summed E-state index contributed by atoms with van der Waals surface area (Å²) in [6.07, 6.45) is 0.197. The van der Waals surface area contributed by atoms with E-state index in [1.165, 1.54) is 0 Å². The van der Waals surface area contributed by atoms with Crippen molar-refractivity contribution < 1.29 is 9.18 Å². The Balaban J connectivity index is 2.96. The van der Waals surface area contributed by atoms with E-state index in [4.69, 9.17) is 11.6 Å². The van der Waals surface area contributed by atoms with Crippen molar-refractivity contribution in [3.8, 4) is 0 Å². The highest BCUT2D eigenvalue weighted by Crippen LogP contribution is 2.22. The zero-order chi connectivity index (χ0) is 10.6. The van der Waals surface area contributed by atoms with Gasteiger partial charge in [-0.3, -0.25) is 4.79 Å². The van der Waals surface area contributed by atoms with Crippen molar-refractivity contribution in [3.05, 3.63) is 33.8 Å². The van der Waals surface area contributed by atoms with Gasteiger partial charge in [-0.25, -0.2) is 4.39 Å². The van der Waals surface area contributed by atoms with Crippen molar-refractivity contribution in [2.75, 3.05) is 5.88 Å². The second-order valence-electron chi connectivity index (χ2n) is 2.86. The highest BCUT2D eigenvalue weighted by atomic mass is 79.9. The highest BCUT2D eigenvalue weighted by molar-refractivity contribution is 9.10. The Bertz CT molecular complexity index is 341. The maximum absolute atomic E-state index is 12.6. The van der Waals surface area contributed by atoms with E-state index < -0.39 is 6.67 Å². The number of Topliss-reactive ketones (excluding diaryl/α,β-unsaturated/α-hetero) is 1. The molecule has 0 atom stereocenters. The summed E-state index contributed by atoms with van der Waals surface area (Å²) >= 11 is 8.62. The smallest absolute Gasteiger partial charge is 0.151 e. The van der Waals surface area contributed by atoms with Crippen LogP contribution in [-0.2, 0) is 17.9 Å². The van der Waals surface area contributed by atoms with Gasteiger partial charge in [0.25, 0.3) is 0 Å². The first kappa shape index (κ1) is 11.7. The molecule has 0 bridgehead atoms. The van der Waals surface area contributed by atoms with Crippen LogP contribution >= 0.6 is 27.5 Å². The third-order valence-electron chi connectivity index (χ3n) is 1.89. The van der Waals surface area contributed by atoms with Gasteiger partial charge >= 0.3 is 0 Å². The Morgan fingerprint density at radius 1 is 1.50 bits per heavy atom. The number of carbonyl (C=O) groups excluding carboxylic acids is 1. The second kappa shape index (κ2) is 5.47. The average Bonchev–Trinajstić information content (AvgIpc) is 2.18. The van der Waals surface area contributed by atoms with Crippen LogP contribution in [-0.4, -0.2) is 11.7 Å². The van der Waals surface area contributed by atoms with Crippen LogP contribution in [0.4, 0.5) is 4.39 Å². The number of ketones is 1. The molecular formula is C10H9BrClFO. The van der Waals surface area contributed by atoms with Crippen LogP contribution in [0.15, 0.2) is 22.7 Å². The Kier molecular flexibility index (Phi) is 4.55. The Morgan fingerprint density at radius 2 is 2.21 bits per heavy atom. The molecule has 0 aliphatic heterocycles. The van der Waals surface area contributed by atoms with Gasteiger partial charge in [0.1, 0.15) is 6.67 Å². The fraction of sp³-hybridized carbons (Fsp3) is 0.300. The van der Waals surface area contributed by atoms with Crippen molar-refractivity contribution in [2.45, 2.75) is 13.1 Å². The van der Waals surface area contributed by atoms with Gasteiger partial charge in [-0.2, -0.15) is 0 Å². The van der Waals surface area contributed by atoms with E-state index >= 15 is 0 Å². The van der Waals surface area contributed by atoms with E-state index in [2.05, 4.69) is 15.9 Å². The molecular weight excluding hydrogens is 270 g/mol. The van der Waals surface area contributed by atoms with Crippen LogP contribution in [0.5, 0.6) is 0 Å². The number of rotatable bonds is 4. The topological polar surface area (TPSA) is 17.1 Å². The highest BCUT2D eigenvalue weighted by Gasteiger charge is 2.09.